The summed E-state index contributed by atoms with van der Waals surface area (Å²) in [5.74, 6) is -1.84. The lowest BCUT2D eigenvalue weighted by atomic mass is 10.0. The SMILES string of the molecule is NC(CC(=O)N1CC(N)C(N)C1)C(=O)NC(CCc1ccccc1)C(=O)Nc1cccc(C(F)(F)F)c1. The van der Waals surface area contributed by atoms with Crippen LogP contribution < -0.4 is 27.8 Å². The predicted molar refractivity (Wildman–Crippen MR) is 132 cm³/mol. The minimum absolute atomic E-state index is 0.0695. The summed E-state index contributed by atoms with van der Waals surface area (Å²) < 4.78 is 39.2. The van der Waals surface area contributed by atoms with Crippen molar-refractivity contribution in [2.24, 2.45) is 17.2 Å². The highest BCUT2D eigenvalue weighted by atomic mass is 19.4. The van der Waals surface area contributed by atoms with Gasteiger partial charge in [-0.2, -0.15) is 13.2 Å². The number of aryl methyl sites for hydroxylation is 1. The maximum Gasteiger partial charge on any atom is 0.416 e. The lowest BCUT2D eigenvalue weighted by Gasteiger charge is -2.22. The van der Waals surface area contributed by atoms with E-state index in [9.17, 15) is 27.6 Å². The van der Waals surface area contributed by atoms with Crippen LogP contribution >= 0.6 is 0 Å². The number of hydrogen-bond acceptors (Lipinski definition) is 6. The Morgan fingerprint density at radius 1 is 0.973 bits per heavy atom. The van der Waals surface area contributed by atoms with E-state index < -0.39 is 35.6 Å². The van der Waals surface area contributed by atoms with Crippen LogP contribution in [-0.4, -0.2) is 59.9 Å². The number of nitrogens with one attached hydrogen (secondary N) is 2. The summed E-state index contributed by atoms with van der Waals surface area (Å²) in [6.45, 7) is 0.515. The molecule has 1 aliphatic heterocycles. The fourth-order valence-corrected chi connectivity index (χ4v) is 3.97. The molecule has 1 fully saturated rings. The van der Waals surface area contributed by atoms with E-state index in [1.165, 1.54) is 17.0 Å². The van der Waals surface area contributed by atoms with E-state index in [1.54, 1.807) is 0 Å². The number of nitrogens with two attached hydrogens (primary N) is 3. The number of rotatable bonds is 9. The summed E-state index contributed by atoms with van der Waals surface area (Å²) in [5.41, 5.74) is 17.5. The first-order valence-corrected chi connectivity index (χ1v) is 11.8. The van der Waals surface area contributed by atoms with Gasteiger partial charge in [-0.15, -0.1) is 0 Å². The van der Waals surface area contributed by atoms with Gasteiger partial charge in [0.15, 0.2) is 0 Å². The molecular formula is C25H31F3N6O3. The Kier molecular flexibility index (Phi) is 9.24. The Morgan fingerprint density at radius 3 is 2.24 bits per heavy atom. The van der Waals surface area contributed by atoms with Crippen LogP contribution in [0.15, 0.2) is 54.6 Å². The topological polar surface area (TPSA) is 157 Å². The number of alkyl halides is 3. The summed E-state index contributed by atoms with van der Waals surface area (Å²) in [7, 11) is 0. The van der Waals surface area contributed by atoms with Gasteiger partial charge in [-0.25, -0.2) is 0 Å². The lowest BCUT2D eigenvalue weighted by molar-refractivity contribution is -0.137. The first kappa shape index (κ1) is 28.1. The molecule has 8 N–H and O–H groups in total. The number of nitrogens with zero attached hydrogens (tertiary/aromatic N) is 1. The highest BCUT2D eigenvalue weighted by molar-refractivity contribution is 5.98. The standard InChI is InChI=1S/C25H31F3N6O3/c26-25(27,28)16-7-4-8-17(11-16)32-24(37)21(10-9-15-5-2-1-3-6-15)33-23(36)18(29)12-22(35)34-13-19(30)20(31)14-34/h1-8,11,18-21H,9-10,12-14,29-31H2,(H,32,37)(H,33,36). The van der Waals surface area contributed by atoms with Gasteiger partial charge in [0.2, 0.25) is 17.7 Å². The number of anilines is 1. The number of hydrogen-bond donors (Lipinski definition) is 5. The third kappa shape index (κ3) is 8.00. The van der Waals surface area contributed by atoms with Crippen molar-refractivity contribution in [2.45, 2.75) is 49.6 Å². The van der Waals surface area contributed by atoms with Gasteiger partial charge in [-0.05, 0) is 36.6 Å². The van der Waals surface area contributed by atoms with Gasteiger partial charge >= 0.3 is 6.18 Å². The van der Waals surface area contributed by atoms with E-state index in [1.807, 2.05) is 30.3 Å². The van der Waals surface area contributed by atoms with E-state index in [-0.39, 0.29) is 49.6 Å². The molecule has 0 spiro atoms. The molecular weight excluding hydrogens is 489 g/mol. The molecule has 200 valence electrons. The smallest absolute Gasteiger partial charge is 0.343 e. The van der Waals surface area contributed by atoms with Crippen molar-refractivity contribution in [1.29, 1.82) is 0 Å². The molecule has 4 unspecified atom stereocenters. The number of carbonyl (C=O) groups excluding carboxylic acids is 3. The first-order valence-electron chi connectivity index (χ1n) is 11.8. The zero-order valence-electron chi connectivity index (χ0n) is 20.1. The third-order valence-corrected chi connectivity index (χ3v) is 6.15. The first-order chi connectivity index (χ1) is 17.4. The number of amides is 3. The van der Waals surface area contributed by atoms with Gasteiger partial charge in [-0.1, -0.05) is 36.4 Å². The fourth-order valence-electron chi connectivity index (χ4n) is 3.97. The molecule has 2 aromatic rings. The molecule has 0 radical (unpaired) electrons. The molecule has 1 saturated heterocycles. The Bertz CT molecular complexity index is 1090. The molecule has 12 heteroatoms. The molecule has 3 amide bonds. The van der Waals surface area contributed by atoms with Crippen LogP contribution in [0.5, 0.6) is 0 Å². The van der Waals surface area contributed by atoms with Gasteiger partial charge in [0.25, 0.3) is 0 Å². The van der Waals surface area contributed by atoms with Crippen molar-refractivity contribution in [3.05, 3.63) is 65.7 Å². The Labute approximate surface area is 212 Å². The summed E-state index contributed by atoms with van der Waals surface area (Å²) in [6, 6.07) is 10.3. The number of carbonyl (C=O) groups is 3. The summed E-state index contributed by atoms with van der Waals surface area (Å²) in [4.78, 5) is 39.8. The van der Waals surface area contributed by atoms with Crippen LogP contribution in [0, 0.1) is 0 Å². The zero-order valence-corrected chi connectivity index (χ0v) is 20.1. The van der Waals surface area contributed by atoms with E-state index in [0.717, 1.165) is 17.7 Å². The highest BCUT2D eigenvalue weighted by Gasteiger charge is 2.33. The van der Waals surface area contributed by atoms with Crippen molar-refractivity contribution in [3.63, 3.8) is 0 Å². The van der Waals surface area contributed by atoms with E-state index in [2.05, 4.69) is 10.6 Å². The number of benzene rings is 2. The second-order valence-corrected chi connectivity index (χ2v) is 9.09. The minimum atomic E-state index is -4.58. The predicted octanol–water partition coefficient (Wildman–Crippen LogP) is 0.976. The second-order valence-electron chi connectivity index (χ2n) is 9.09. The van der Waals surface area contributed by atoms with E-state index >= 15 is 0 Å². The van der Waals surface area contributed by atoms with Crippen molar-refractivity contribution in [3.8, 4) is 0 Å². The van der Waals surface area contributed by atoms with Crippen molar-refractivity contribution in [2.75, 3.05) is 18.4 Å². The van der Waals surface area contributed by atoms with Gasteiger partial charge < -0.3 is 32.7 Å². The quantitative estimate of drug-likeness (QED) is 0.332. The van der Waals surface area contributed by atoms with E-state index in [4.69, 9.17) is 17.2 Å². The Balaban J connectivity index is 1.67. The molecule has 9 nitrogen and oxygen atoms in total. The molecule has 0 aliphatic carbocycles. The van der Waals surface area contributed by atoms with Crippen LogP contribution in [0.2, 0.25) is 0 Å². The summed E-state index contributed by atoms with van der Waals surface area (Å²) >= 11 is 0. The Morgan fingerprint density at radius 2 is 1.62 bits per heavy atom. The summed E-state index contributed by atoms with van der Waals surface area (Å²) in [6.07, 6.45) is -4.34. The monoisotopic (exact) mass is 520 g/mol. The van der Waals surface area contributed by atoms with Crippen molar-refractivity contribution < 1.29 is 27.6 Å². The average molecular weight is 521 g/mol. The highest BCUT2D eigenvalue weighted by Crippen LogP contribution is 2.30. The number of likely N-dealkylation sites (tertiary alicyclic amines) is 1. The van der Waals surface area contributed by atoms with Gasteiger partial charge in [0, 0.05) is 30.9 Å². The van der Waals surface area contributed by atoms with Gasteiger partial charge in [-0.3, -0.25) is 14.4 Å². The van der Waals surface area contributed by atoms with Crippen LogP contribution in [0.1, 0.15) is 24.0 Å². The molecule has 0 bridgehead atoms. The van der Waals surface area contributed by atoms with Crippen LogP contribution in [-0.2, 0) is 27.0 Å². The minimum Gasteiger partial charge on any atom is -0.343 e. The third-order valence-electron chi connectivity index (χ3n) is 6.15. The molecule has 1 aliphatic rings. The normalized spacial score (nSPS) is 19.2. The number of halogens is 3. The van der Waals surface area contributed by atoms with Crippen molar-refractivity contribution >= 4 is 23.4 Å². The maximum absolute atomic E-state index is 13.1. The second kappa shape index (κ2) is 12.2. The molecule has 37 heavy (non-hydrogen) atoms. The van der Waals surface area contributed by atoms with E-state index in [0.29, 0.717) is 6.42 Å². The zero-order chi connectivity index (χ0) is 27.2. The van der Waals surface area contributed by atoms with Gasteiger partial charge in [0.1, 0.15) is 6.04 Å². The summed E-state index contributed by atoms with van der Waals surface area (Å²) in [5, 5.41) is 4.98. The maximum atomic E-state index is 13.1. The van der Waals surface area contributed by atoms with Crippen molar-refractivity contribution in [1.82, 2.24) is 10.2 Å². The average Bonchev–Trinajstić information content (AvgIpc) is 3.20. The molecule has 2 aromatic carbocycles. The largest absolute Gasteiger partial charge is 0.416 e. The van der Waals surface area contributed by atoms with Crippen LogP contribution in [0.25, 0.3) is 0 Å². The lowest BCUT2D eigenvalue weighted by Crippen LogP contribution is -2.51. The molecule has 0 aromatic heterocycles. The Hall–Kier alpha value is -3.48. The molecule has 4 atom stereocenters. The molecule has 0 saturated carbocycles. The van der Waals surface area contributed by atoms with Crippen LogP contribution in [0.4, 0.5) is 18.9 Å². The van der Waals surface area contributed by atoms with Gasteiger partial charge in [0.05, 0.1) is 18.0 Å². The van der Waals surface area contributed by atoms with Crippen LogP contribution in [0.3, 0.4) is 0 Å². The molecule has 3 rings (SSSR count). The fraction of sp³-hybridized carbons (Fsp3) is 0.400. The molecule has 1 heterocycles.